The minimum atomic E-state index is -0.310. The molecule has 24 heavy (non-hydrogen) atoms. The SMILES string of the molecule is CC(C)(OC(=O)N(C1CCCCC1)C1CCCCC1)C1CCCC1. The van der Waals surface area contributed by atoms with Gasteiger partial charge in [0.05, 0.1) is 0 Å². The van der Waals surface area contributed by atoms with Crippen molar-refractivity contribution in [2.75, 3.05) is 0 Å². The summed E-state index contributed by atoms with van der Waals surface area (Å²) in [6, 6.07) is 0.849. The highest BCUT2D eigenvalue weighted by molar-refractivity contribution is 5.69. The van der Waals surface area contributed by atoms with Gasteiger partial charge in [-0.1, -0.05) is 51.4 Å². The van der Waals surface area contributed by atoms with E-state index in [1.54, 1.807) is 0 Å². The molecule has 3 fully saturated rings. The highest BCUT2D eigenvalue weighted by atomic mass is 16.6. The first-order valence-electron chi connectivity index (χ1n) is 10.6. The maximum Gasteiger partial charge on any atom is 0.410 e. The molecule has 0 heterocycles. The van der Waals surface area contributed by atoms with E-state index in [0.717, 1.165) is 0 Å². The van der Waals surface area contributed by atoms with E-state index in [4.69, 9.17) is 4.74 Å². The maximum absolute atomic E-state index is 13.2. The molecule has 138 valence electrons. The third-order valence-electron chi connectivity index (χ3n) is 6.84. The molecule has 3 heteroatoms. The van der Waals surface area contributed by atoms with E-state index >= 15 is 0 Å². The number of ether oxygens (including phenoxy) is 1. The molecule has 1 amide bonds. The van der Waals surface area contributed by atoms with Crippen molar-refractivity contribution >= 4 is 6.09 Å². The van der Waals surface area contributed by atoms with E-state index in [1.807, 2.05) is 0 Å². The van der Waals surface area contributed by atoms with E-state index in [9.17, 15) is 4.79 Å². The number of hydrogen-bond acceptors (Lipinski definition) is 2. The molecular formula is C21H37NO2. The molecule has 0 aromatic rings. The molecular weight excluding hydrogens is 298 g/mol. The van der Waals surface area contributed by atoms with Crippen LogP contribution in [-0.2, 0) is 4.74 Å². The molecule has 0 spiro atoms. The lowest BCUT2D eigenvalue weighted by atomic mass is 9.88. The summed E-state index contributed by atoms with van der Waals surface area (Å²) in [5.74, 6) is 0.543. The summed E-state index contributed by atoms with van der Waals surface area (Å²) in [6.07, 6.45) is 17.5. The van der Waals surface area contributed by atoms with Crippen LogP contribution in [0.4, 0.5) is 4.79 Å². The summed E-state index contributed by atoms with van der Waals surface area (Å²) in [6.45, 7) is 4.28. The molecule has 0 unspecified atom stereocenters. The van der Waals surface area contributed by atoms with Crippen molar-refractivity contribution in [3.63, 3.8) is 0 Å². The van der Waals surface area contributed by atoms with Gasteiger partial charge in [0.15, 0.2) is 0 Å². The number of hydrogen-bond donors (Lipinski definition) is 0. The minimum Gasteiger partial charge on any atom is -0.443 e. The Balaban J connectivity index is 1.69. The monoisotopic (exact) mass is 335 g/mol. The molecule has 3 aliphatic carbocycles. The second-order valence-corrected chi connectivity index (χ2v) is 8.94. The molecule has 0 aromatic carbocycles. The quantitative estimate of drug-likeness (QED) is 0.625. The molecule has 3 rings (SSSR count). The van der Waals surface area contributed by atoms with Crippen molar-refractivity contribution in [1.82, 2.24) is 4.90 Å². The van der Waals surface area contributed by atoms with E-state index < -0.39 is 0 Å². The van der Waals surface area contributed by atoms with Crippen LogP contribution in [0.1, 0.15) is 104 Å². The second-order valence-electron chi connectivity index (χ2n) is 8.94. The summed E-state index contributed by atoms with van der Waals surface area (Å²) >= 11 is 0. The minimum absolute atomic E-state index is 0.00861. The lowest BCUT2D eigenvalue weighted by Gasteiger charge is -2.43. The first-order chi connectivity index (χ1) is 11.6. The van der Waals surface area contributed by atoms with Gasteiger partial charge in [-0.25, -0.2) is 4.79 Å². The zero-order chi connectivity index (χ0) is 17.0. The average Bonchev–Trinajstić information content (AvgIpc) is 3.12. The van der Waals surface area contributed by atoms with Crippen molar-refractivity contribution < 1.29 is 9.53 Å². The Hall–Kier alpha value is -0.730. The second kappa shape index (κ2) is 8.10. The molecule has 0 radical (unpaired) electrons. The van der Waals surface area contributed by atoms with Crippen molar-refractivity contribution in [2.45, 2.75) is 121 Å². The van der Waals surface area contributed by atoms with Gasteiger partial charge in [0, 0.05) is 12.1 Å². The van der Waals surface area contributed by atoms with Crippen LogP contribution in [0.5, 0.6) is 0 Å². The van der Waals surface area contributed by atoms with Crippen LogP contribution in [0.15, 0.2) is 0 Å². The summed E-state index contributed by atoms with van der Waals surface area (Å²) in [5, 5.41) is 0. The molecule has 3 nitrogen and oxygen atoms in total. The van der Waals surface area contributed by atoms with Crippen molar-refractivity contribution in [2.24, 2.45) is 5.92 Å². The Morgan fingerprint density at radius 1 is 0.750 bits per heavy atom. The van der Waals surface area contributed by atoms with Crippen molar-refractivity contribution in [1.29, 1.82) is 0 Å². The molecule has 3 aliphatic rings. The number of amides is 1. The summed E-state index contributed by atoms with van der Waals surface area (Å²) in [4.78, 5) is 15.4. The van der Waals surface area contributed by atoms with Gasteiger partial charge in [-0.2, -0.15) is 0 Å². The number of carbonyl (C=O) groups excluding carboxylic acids is 1. The number of rotatable bonds is 4. The smallest absolute Gasteiger partial charge is 0.410 e. The van der Waals surface area contributed by atoms with E-state index in [-0.39, 0.29) is 11.7 Å². The highest BCUT2D eigenvalue weighted by Gasteiger charge is 2.40. The Bertz CT molecular complexity index is 384. The zero-order valence-electron chi connectivity index (χ0n) is 15.9. The predicted octanol–water partition coefficient (Wildman–Crippen LogP) is 6.06. The van der Waals surface area contributed by atoms with Crippen molar-refractivity contribution in [3.05, 3.63) is 0 Å². The summed E-state index contributed by atoms with van der Waals surface area (Å²) in [7, 11) is 0. The largest absolute Gasteiger partial charge is 0.443 e. The van der Waals surface area contributed by atoms with Crippen LogP contribution >= 0.6 is 0 Å². The standard InChI is InChI=1S/C21H37NO2/c1-21(2,17-11-9-10-12-17)24-20(23)22(18-13-5-3-6-14-18)19-15-7-4-8-16-19/h17-19H,3-16H2,1-2H3. The van der Waals surface area contributed by atoms with E-state index in [2.05, 4.69) is 18.7 Å². The topological polar surface area (TPSA) is 29.5 Å². The van der Waals surface area contributed by atoms with Gasteiger partial charge in [0.2, 0.25) is 0 Å². The fraction of sp³-hybridized carbons (Fsp3) is 0.952. The van der Waals surface area contributed by atoms with E-state index in [1.165, 1.54) is 89.9 Å². The molecule has 0 N–H and O–H groups in total. The lowest BCUT2D eigenvalue weighted by Crippen LogP contribution is -2.51. The molecule has 0 aromatic heterocycles. The van der Waals surface area contributed by atoms with Crippen LogP contribution in [-0.4, -0.2) is 28.7 Å². The maximum atomic E-state index is 13.2. The fourth-order valence-electron chi connectivity index (χ4n) is 5.30. The van der Waals surface area contributed by atoms with Crippen LogP contribution in [0.2, 0.25) is 0 Å². The third kappa shape index (κ3) is 4.26. The fourth-order valence-corrected chi connectivity index (χ4v) is 5.30. The Labute approximate surface area is 148 Å². The van der Waals surface area contributed by atoms with E-state index in [0.29, 0.717) is 18.0 Å². The molecule has 0 bridgehead atoms. The van der Waals surface area contributed by atoms with Gasteiger partial charge in [-0.3, -0.25) is 0 Å². The van der Waals surface area contributed by atoms with Gasteiger partial charge < -0.3 is 9.64 Å². The summed E-state index contributed by atoms with van der Waals surface area (Å²) < 4.78 is 6.18. The first-order valence-corrected chi connectivity index (χ1v) is 10.6. The summed E-state index contributed by atoms with van der Waals surface area (Å²) in [5.41, 5.74) is -0.310. The van der Waals surface area contributed by atoms with Gasteiger partial charge in [-0.05, 0) is 58.3 Å². The van der Waals surface area contributed by atoms with Crippen LogP contribution in [0.3, 0.4) is 0 Å². The zero-order valence-corrected chi connectivity index (χ0v) is 15.9. The van der Waals surface area contributed by atoms with Gasteiger partial charge in [-0.15, -0.1) is 0 Å². The average molecular weight is 336 g/mol. The molecule has 0 saturated heterocycles. The number of carbonyl (C=O) groups is 1. The van der Waals surface area contributed by atoms with Gasteiger partial charge in [0.25, 0.3) is 0 Å². The molecule has 3 saturated carbocycles. The first kappa shape index (κ1) is 18.1. The molecule has 0 aliphatic heterocycles. The Morgan fingerprint density at radius 2 is 1.17 bits per heavy atom. The van der Waals surface area contributed by atoms with Gasteiger partial charge in [0.1, 0.15) is 5.60 Å². The van der Waals surface area contributed by atoms with Crippen LogP contribution < -0.4 is 0 Å². The Morgan fingerprint density at radius 3 is 1.62 bits per heavy atom. The highest BCUT2D eigenvalue weighted by Crippen LogP contribution is 2.38. The van der Waals surface area contributed by atoms with Crippen LogP contribution in [0, 0.1) is 5.92 Å². The predicted molar refractivity (Wildman–Crippen MR) is 98.1 cm³/mol. The van der Waals surface area contributed by atoms with Crippen LogP contribution in [0.25, 0.3) is 0 Å². The molecule has 0 atom stereocenters. The number of nitrogens with zero attached hydrogens (tertiary/aromatic N) is 1. The van der Waals surface area contributed by atoms with Crippen molar-refractivity contribution in [3.8, 4) is 0 Å². The third-order valence-corrected chi connectivity index (χ3v) is 6.84. The Kier molecular flexibility index (Phi) is 6.10. The lowest BCUT2D eigenvalue weighted by molar-refractivity contribution is -0.0407. The van der Waals surface area contributed by atoms with Gasteiger partial charge >= 0.3 is 6.09 Å². The normalized spacial score (nSPS) is 24.9.